The van der Waals surface area contributed by atoms with E-state index >= 15 is 0 Å². The Morgan fingerprint density at radius 3 is 2.43 bits per heavy atom. The molecule has 1 aromatic heterocycles. The molecule has 0 spiro atoms. The minimum atomic E-state index is -0.170. The molecule has 1 N–H and O–H groups in total. The minimum absolute atomic E-state index is 0.170. The van der Waals surface area contributed by atoms with E-state index in [1.807, 2.05) is 37.3 Å². The van der Waals surface area contributed by atoms with E-state index in [1.54, 1.807) is 30.6 Å². The fraction of sp³-hybridized carbons (Fsp3) is 0.226. The Bertz CT molecular complexity index is 1310. The maximum absolute atomic E-state index is 13.0. The molecular weight excluding hydrogens is 462 g/mol. The summed E-state index contributed by atoms with van der Waals surface area (Å²) < 4.78 is 11.7. The van der Waals surface area contributed by atoms with Gasteiger partial charge in [-0.3, -0.25) is 9.78 Å². The van der Waals surface area contributed by atoms with Crippen LogP contribution in [0.3, 0.4) is 0 Å². The zero-order valence-corrected chi connectivity index (χ0v) is 21.6. The van der Waals surface area contributed by atoms with Crippen LogP contribution in [0.2, 0.25) is 0 Å². The summed E-state index contributed by atoms with van der Waals surface area (Å²) in [5.41, 5.74) is 6.02. The molecule has 0 fully saturated rings. The van der Waals surface area contributed by atoms with Crippen LogP contribution < -0.4 is 14.8 Å². The Morgan fingerprint density at radius 1 is 0.892 bits per heavy atom. The summed E-state index contributed by atoms with van der Waals surface area (Å²) in [5, 5.41) is 3.06. The number of pyridine rings is 1. The fourth-order valence-electron chi connectivity index (χ4n) is 4.07. The molecule has 0 unspecified atom stereocenters. The second kappa shape index (κ2) is 12.7. The van der Waals surface area contributed by atoms with Gasteiger partial charge in [0.05, 0.1) is 6.61 Å². The number of aromatic nitrogens is 1. The van der Waals surface area contributed by atoms with Crippen molar-refractivity contribution in [3.63, 3.8) is 0 Å². The monoisotopic (exact) mass is 495 g/mol. The molecule has 6 heteroatoms. The number of nitrogens with zero attached hydrogens (tertiary/aromatic N) is 2. The third kappa shape index (κ3) is 7.18. The Morgan fingerprint density at radius 2 is 1.70 bits per heavy atom. The van der Waals surface area contributed by atoms with Crippen molar-refractivity contribution in [3.05, 3.63) is 114 Å². The molecule has 1 heterocycles. The Balaban J connectivity index is 1.44. The van der Waals surface area contributed by atoms with Gasteiger partial charge in [-0.1, -0.05) is 54.6 Å². The molecule has 37 heavy (non-hydrogen) atoms. The van der Waals surface area contributed by atoms with Gasteiger partial charge in [0.2, 0.25) is 0 Å². The molecule has 1 amide bonds. The van der Waals surface area contributed by atoms with E-state index in [9.17, 15) is 4.79 Å². The largest absolute Gasteiger partial charge is 0.490 e. The predicted molar refractivity (Wildman–Crippen MR) is 147 cm³/mol. The molecule has 0 saturated heterocycles. The quantitative estimate of drug-likeness (QED) is 0.288. The average Bonchev–Trinajstić information content (AvgIpc) is 2.92. The van der Waals surface area contributed by atoms with Crippen molar-refractivity contribution >= 4 is 5.91 Å². The van der Waals surface area contributed by atoms with Crippen molar-refractivity contribution in [1.82, 2.24) is 15.2 Å². The first-order chi connectivity index (χ1) is 18.0. The molecule has 4 rings (SSSR count). The van der Waals surface area contributed by atoms with Crippen molar-refractivity contribution in [2.45, 2.75) is 26.6 Å². The third-order valence-corrected chi connectivity index (χ3v) is 5.84. The van der Waals surface area contributed by atoms with Crippen LogP contribution in [0.15, 0.2) is 91.3 Å². The molecular formula is C31H33N3O3. The van der Waals surface area contributed by atoms with Crippen molar-refractivity contribution in [2.75, 3.05) is 20.7 Å². The van der Waals surface area contributed by atoms with Crippen LogP contribution in [-0.4, -0.2) is 36.5 Å². The van der Waals surface area contributed by atoms with Gasteiger partial charge in [0.1, 0.15) is 6.61 Å². The third-order valence-electron chi connectivity index (χ3n) is 5.84. The number of hydrogen-bond acceptors (Lipinski definition) is 5. The van der Waals surface area contributed by atoms with Gasteiger partial charge in [0.25, 0.3) is 5.91 Å². The fourth-order valence-corrected chi connectivity index (χ4v) is 4.07. The summed E-state index contributed by atoms with van der Waals surface area (Å²) in [7, 11) is 4.12. The Kier molecular flexibility index (Phi) is 8.89. The predicted octanol–water partition coefficient (Wildman–Crippen LogP) is 5.72. The number of carbonyl (C=O) groups excluding carboxylic acids is 1. The molecule has 0 atom stereocenters. The lowest BCUT2D eigenvalue weighted by atomic mass is 9.98. The summed E-state index contributed by atoms with van der Waals surface area (Å²) >= 11 is 0. The zero-order chi connectivity index (χ0) is 26.0. The summed E-state index contributed by atoms with van der Waals surface area (Å²) in [6, 6.07) is 25.8. The zero-order valence-electron chi connectivity index (χ0n) is 21.6. The summed E-state index contributed by atoms with van der Waals surface area (Å²) in [5.74, 6) is 0.957. The van der Waals surface area contributed by atoms with E-state index in [-0.39, 0.29) is 5.91 Å². The lowest BCUT2D eigenvalue weighted by Gasteiger charge is -2.15. The molecule has 0 aliphatic heterocycles. The van der Waals surface area contributed by atoms with Crippen LogP contribution >= 0.6 is 0 Å². The summed E-state index contributed by atoms with van der Waals surface area (Å²) in [6.07, 6.45) is 3.49. The van der Waals surface area contributed by atoms with Crippen LogP contribution in [0.4, 0.5) is 0 Å². The van der Waals surface area contributed by atoms with E-state index in [0.29, 0.717) is 36.8 Å². The van der Waals surface area contributed by atoms with E-state index < -0.39 is 0 Å². The van der Waals surface area contributed by atoms with Crippen molar-refractivity contribution < 1.29 is 14.3 Å². The molecule has 0 saturated carbocycles. The van der Waals surface area contributed by atoms with Gasteiger partial charge >= 0.3 is 0 Å². The van der Waals surface area contributed by atoms with Gasteiger partial charge in [0.15, 0.2) is 11.5 Å². The average molecular weight is 496 g/mol. The number of rotatable bonds is 11. The highest BCUT2D eigenvalue weighted by Gasteiger charge is 2.13. The minimum Gasteiger partial charge on any atom is -0.490 e. The van der Waals surface area contributed by atoms with Gasteiger partial charge in [0, 0.05) is 36.6 Å². The molecule has 190 valence electrons. The highest BCUT2D eigenvalue weighted by atomic mass is 16.5. The van der Waals surface area contributed by atoms with Gasteiger partial charge in [-0.05, 0) is 67.5 Å². The smallest absolute Gasteiger partial charge is 0.251 e. The molecule has 0 aliphatic carbocycles. The van der Waals surface area contributed by atoms with Gasteiger partial charge in [-0.15, -0.1) is 0 Å². The van der Waals surface area contributed by atoms with Crippen molar-refractivity contribution in [1.29, 1.82) is 0 Å². The van der Waals surface area contributed by atoms with Gasteiger partial charge in [-0.2, -0.15) is 0 Å². The summed E-state index contributed by atoms with van der Waals surface area (Å²) in [4.78, 5) is 19.3. The van der Waals surface area contributed by atoms with Crippen LogP contribution in [0.5, 0.6) is 11.5 Å². The number of benzene rings is 3. The number of ether oxygens (including phenoxy) is 2. The highest BCUT2D eigenvalue weighted by molar-refractivity contribution is 5.95. The van der Waals surface area contributed by atoms with E-state index in [2.05, 4.69) is 59.6 Å². The molecule has 0 bridgehead atoms. The van der Waals surface area contributed by atoms with E-state index in [1.165, 1.54) is 5.56 Å². The van der Waals surface area contributed by atoms with Crippen LogP contribution in [0.25, 0.3) is 11.1 Å². The van der Waals surface area contributed by atoms with Crippen LogP contribution in [-0.2, 0) is 19.7 Å². The van der Waals surface area contributed by atoms with Crippen molar-refractivity contribution in [3.8, 4) is 22.6 Å². The van der Waals surface area contributed by atoms with Crippen LogP contribution in [0, 0.1) is 0 Å². The number of hydrogen-bond donors (Lipinski definition) is 1. The lowest BCUT2D eigenvalue weighted by Crippen LogP contribution is -2.23. The number of nitrogens with one attached hydrogen (secondary N) is 1. The molecule has 4 aromatic rings. The molecule has 0 aliphatic rings. The first-order valence-electron chi connectivity index (χ1n) is 12.4. The van der Waals surface area contributed by atoms with E-state index in [0.717, 1.165) is 28.8 Å². The number of amides is 1. The molecule has 0 radical (unpaired) electrons. The molecule has 3 aromatic carbocycles. The van der Waals surface area contributed by atoms with Gasteiger partial charge in [-0.25, -0.2) is 0 Å². The highest BCUT2D eigenvalue weighted by Crippen LogP contribution is 2.30. The first kappa shape index (κ1) is 25.9. The SMILES string of the molecule is CCOc1cc(C(=O)NCc2ccccc2-c2ccc(CN(C)C)cc2)ccc1OCc1cccnc1. The summed E-state index contributed by atoms with van der Waals surface area (Å²) in [6.45, 7) is 4.05. The Labute approximate surface area is 218 Å². The standard InChI is InChI=1S/C31H33N3O3/c1-4-36-30-18-26(15-16-29(30)37-22-24-8-7-17-32-19-24)31(35)33-20-27-9-5-6-10-28(27)25-13-11-23(12-14-25)21-34(2)3/h5-19H,4,20-22H2,1-3H3,(H,33,35). The normalized spacial score (nSPS) is 10.8. The molecule has 6 nitrogen and oxygen atoms in total. The topological polar surface area (TPSA) is 63.7 Å². The van der Waals surface area contributed by atoms with Crippen molar-refractivity contribution in [2.24, 2.45) is 0 Å². The maximum atomic E-state index is 13.0. The van der Waals surface area contributed by atoms with Gasteiger partial charge < -0.3 is 19.7 Å². The lowest BCUT2D eigenvalue weighted by molar-refractivity contribution is 0.0950. The van der Waals surface area contributed by atoms with Crippen LogP contribution in [0.1, 0.15) is 34.0 Å². The Hall–Kier alpha value is -4.16. The number of carbonyl (C=O) groups is 1. The van der Waals surface area contributed by atoms with E-state index in [4.69, 9.17) is 9.47 Å². The first-order valence-corrected chi connectivity index (χ1v) is 12.4. The maximum Gasteiger partial charge on any atom is 0.251 e. The second-order valence-corrected chi connectivity index (χ2v) is 9.02. The second-order valence-electron chi connectivity index (χ2n) is 9.02.